The third-order valence-electron chi connectivity index (χ3n) is 3.62. The average molecular weight is 341 g/mol. The van der Waals surface area contributed by atoms with Crippen LogP contribution in [0.3, 0.4) is 0 Å². The van der Waals surface area contributed by atoms with Crippen molar-refractivity contribution in [1.82, 2.24) is 5.43 Å². The van der Waals surface area contributed by atoms with Crippen LogP contribution in [0, 0.1) is 6.92 Å². The Kier molecular flexibility index (Phi) is 6.39. The molecule has 0 aliphatic heterocycles. The summed E-state index contributed by atoms with van der Waals surface area (Å²) in [5.74, 6) is 1.02. The molecule has 0 saturated heterocycles. The van der Waals surface area contributed by atoms with Crippen LogP contribution in [0.4, 0.5) is 5.69 Å². The monoisotopic (exact) mass is 341 g/mol. The van der Waals surface area contributed by atoms with Gasteiger partial charge in [0.2, 0.25) is 0 Å². The Morgan fingerprint density at radius 3 is 2.40 bits per heavy atom. The third kappa shape index (κ3) is 5.24. The van der Waals surface area contributed by atoms with E-state index >= 15 is 0 Å². The van der Waals surface area contributed by atoms with Crippen molar-refractivity contribution in [3.63, 3.8) is 0 Å². The maximum Gasteiger partial charge on any atom is 0.262 e. The number of nitrogens with one attached hydrogen (secondary N) is 2. The fourth-order valence-corrected chi connectivity index (χ4v) is 2.17. The Labute approximate surface area is 147 Å². The van der Waals surface area contributed by atoms with Gasteiger partial charge in [0.15, 0.2) is 11.5 Å². The first-order chi connectivity index (χ1) is 12.0. The summed E-state index contributed by atoms with van der Waals surface area (Å²) in [6.45, 7) is 3.80. The molecule has 25 heavy (non-hydrogen) atoms. The third-order valence-corrected chi connectivity index (χ3v) is 3.62. The van der Waals surface area contributed by atoms with E-state index in [0.717, 1.165) is 11.3 Å². The topological polar surface area (TPSA) is 72.0 Å². The zero-order valence-electron chi connectivity index (χ0n) is 14.9. The van der Waals surface area contributed by atoms with E-state index in [1.807, 2.05) is 37.3 Å². The Bertz CT molecular complexity index is 742. The average Bonchev–Trinajstić information content (AvgIpc) is 2.63. The SMILES string of the molecule is COc1ccc(/C=N\NC(=O)[C@@H](C)Nc2ccc(C)cc2)cc1OC. The summed E-state index contributed by atoms with van der Waals surface area (Å²) < 4.78 is 10.4. The van der Waals surface area contributed by atoms with Crippen LogP contribution in [0.2, 0.25) is 0 Å². The number of carbonyl (C=O) groups is 1. The summed E-state index contributed by atoms with van der Waals surface area (Å²) in [6, 6.07) is 12.8. The van der Waals surface area contributed by atoms with Gasteiger partial charge in [-0.2, -0.15) is 5.10 Å². The molecule has 2 aromatic rings. The van der Waals surface area contributed by atoms with Crippen LogP contribution in [-0.2, 0) is 4.79 Å². The number of hydrogen-bond acceptors (Lipinski definition) is 5. The highest BCUT2D eigenvalue weighted by atomic mass is 16.5. The molecule has 0 aliphatic rings. The Morgan fingerprint density at radius 2 is 1.76 bits per heavy atom. The predicted molar refractivity (Wildman–Crippen MR) is 99.5 cm³/mol. The molecule has 0 unspecified atom stereocenters. The van der Waals surface area contributed by atoms with Crippen molar-refractivity contribution >= 4 is 17.8 Å². The molecule has 2 rings (SSSR count). The van der Waals surface area contributed by atoms with Gasteiger partial charge in [0, 0.05) is 5.69 Å². The van der Waals surface area contributed by atoms with Gasteiger partial charge in [0.25, 0.3) is 5.91 Å². The van der Waals surface area contributed by atoms with Crippen LogP contribution < -0.4 is 20.2 Å². The van der Waals surface area contributed by atoms with Gasteiger partial charge in [-0.3, -0.25) is 4.79 Å². The van der Waals surface area contributed by atoms with Gasteiger partial charge in [-0.15, -0.1) is 0 Å². The number of ether oxygens (including phenoxy) is 2. The number of carbonyl (C=O) groups excluding carboxylic acids is 1. The van der Waals surface area contributed by atoms with E-state index in [-0.39, 0.29) is 5.91 Å². The molecule has 0 aliphatic carbocycles. The molecule has 0 bridgehead atoms. The first kappa shape index (κ1) is 18.3. The molecule has 2 N–H and O–H groups in total. The van der Waals surface area contributed by atoms with Crippen molar-refractivity contribution < 1.29 is 14.3 Å². The summed E-state index contributed by atoms with van der Waals surface area (Å²) in [6.07, 6.45) is 1.55. The second kappa shape index (κ2) is 8.73. The molecular formula is C19H23N3O3. The molecule has 0 radical (unpaired) electrons. The van der Waals surface area contributed by atoms with Gasteiger partial charge in [0.1, 0.15) is 6.04 Å². The fraction of sp³-hybridized carbons (Fsp3) is 0.263. The summed E-state index contributed by atoms with van der Waals surface area (Å²) in [5, 5.41) is 7.12. The lowest BCUT2D eigenvalue weighted by Crippen LogP contribution is -2.34. The largest absolute Gasteiger partial charge is 0.493 e. The number of hydrazone groups is 1. The molecule has 1 atom stereocenters. The second-order valence-electron chi connectivity index (χ2n) is 5.58. The predicted octanol–water partition coefficient (Wildman–Crippen LogP) is 2.96. The smallest absolute Gasteiger partial charge is 0.262 e. The summed E-state index contributed by atoms with van der Waals surface area (Å²) in [4.78, 5) is 12.1. The number of anilines is 1. The number of benzene rings is 2. The minimum Gasteiger partial charge on any atom is -0.493 e. The van der Waals surface area contributed by atoms with Crippen LogP contribution >= 0.6 is 0 Å². The minimum absolute atomic E-state index is 0.225. The van der Waals surface area contributed by atoms with E-state index in [0.29, 0.717) is 11.5 Å². The Balaban J connectivity index is 1.92. The van der Waals surface area contributed by atoms with Crippen LogP contribution in [0.25, 0.3) is 0 Å². The lowest BCUT2D eigenvalue weighted by Gasteiger charge is -2.13. The molecule has 132 valence electrons. The van der Waals surface area contributed by atoms with Gasteiger partial charge in [0.05, 0.1) is 20.4 Å². The summed E-state index contributed by atoms with van der Waals surface area (Å²) in [7, 11) is 3.15. The standard InChI is InChI=1S/C19H23N3O3/c1-13-5-8-16(9-6-13)21-14(2)19(23)22-20-12-15-7-10-17(24-3)18(11-15)25-4/h5-12,14,21H,1-4H3,(H,22,23)/b20-12-/t14-/m1/s1. The van der Waals surface area contributed by atoms with E-state index in [4.69, 9.17) is 9.47 Å². The highest BCUT2D eigenvalue weighted by molar-refractivity contribution is 5.86. The summed E-state index contributed by atoms with van der Waals surface area (Å²) >= 11 is 0. The molecule has 0 aromatic heterocycles. The van der Waals surface area contributed by atoms with Gasteiger partial charge < -0.3 is 14.8 Å². The molecule has 0 saturated carbocycles. The first-order valence-electron chi connectivity index (χ1n) is 7.91. The maximum absolute atomic E-state index is 12.1. The van der Waals surface area contributed by atoms with Crippen molar-refractivity contribution in [1.29, 1.82) is 0 Å². The number of hydrogen-bond donors (Lipinski definition) is 2. The Hall–Kier alpha value is -3.02. The van der Waals surface area contributed by atoms with Gasteiger partial charge in [-0.1, -0.05) is 17.7 Å². The van der Waals surface area contributed by atoms with Crippen LogP contribution in [0.15, 0.2) is 47.6 Å². The van der Waals surface area contributed by atoms with Crippen molar-refractivity contribution in [2.45, 2.75) is 19.9 Å². The number of aryl methyl sites for hydroxylation is 1. The van der Waals surface area contributed by atoms with E-state index in [1.54, 1.807) is 39.5 Å². The quantitative estimate of drug-likeness (QED) is 0.600. The van der Waals surface area contributed by atoms with Gasteiger partial charge >= 0.3 is 0 Å². The van der Waals surface area contributed by atoms with Crippen LogP contribution in [-0.4, -0.2) is 32.4 Å². The zero-order chi connectivity index (χ0) is 18.2. The maximum atomic E-state index is 12.1. The molecule has 0 fully saturated rings. The van der Waals surface area contributed by atoms with Crippen LogP contribution in [0.1, 0.15) is 18.1 Å². The highest BCUT2D eigenvalue weighted by Crippen LogP contribution is 2.26. The molecule has 0 spiro atoms. The van der Waals surface area contributed by atoms with E-state index in [1.165, 1.54) is 5.56 Å². The lowest BCUT2D eigenvalue weighted by atomic mass is 10.2. The lowest BCUT2D eigenvalue weighted by molar-refractivity contribution is -0.121. The van der Waals surface area contributed by atoms with Crippen molar-refractivity contribution in [3.8, 4) is 11.5 Å². The van der Waals surface area contributed by atoms with Gasteiger partial charge in [-0.05, 0) is 49.7 Å². The Morgan fingerprint density at radius 1 is 1.08 bits per heavy atom. The fourth-order valence-electron chi connectivity index (χ4n) is 2.17. The number of rotatable bonds is 7. The van der Waals surface area contributed by atoms with E-state index < -0.39 is 6.04 Å². The normalized spacial score (nSPS) is 11.8. The number of nitrogens with zero attached hydrogens (tertiary/aromatic N) is 1. The molecule has 6 nitrogen and oxygen atoms in total. The zero-order valence-corrected chi connectivity index (χ0v) is 14.9. The number of amides is 1. The number of methoxy groups -OCH3 is 2. The van der Waals surface area contributed by atoms with E-state index in [9.17, 15) is 4.79 Å². The van der Waals surface area contributed by atoms with E-state index in [2.05, 4.69) is 15.8 Å². The van der Waals surface area contributed by atoms with Crippen molar-refractivity contribution in [3.05, 3.63) is 53.6 Å². The molecular weight excluding hydrogens is 318 g/mol. The molecule has 1 amide bonds. The van der Waals surface area contributed by atoms with Crippen LogP contribution in [0.5, 0.6) is 11.5 Å². The van der Waals surface area contributed by atoms with Crippen molar-refractivity contribution in [2.24, 2.45) is 5.10 Å². The molecule has 6 heteroatoms. The van der Waals surface area contributed by atoms with Gasteiger partial charge in [-0.25, -0.2) is 5.43 Å². The second-order valence-corrected chi connectivity index (χ2v) is 5.58. The molecule has 2 aromatic carbocycles. The first-order valence-corrected chi connectivity index (χ1v) is 7.91. The minimum atomic E-state index is -0.412. The summed E-state index contributed by atoms with van der Waals surface area (Å²) in [5.41, 5.74) is 5.37. The molecule has 0 heterocycles. The highest BCUT2D eigenvalue weighted by Gasteiger charge is 2.11. The van der Waals surface area contributed by atoms with Crippen molar-refractivity contribution in [2.75, 3.05) is 19.5 Å².